The maximum atomic E-state index is 13.0. The highest BCUT2D eigenvalue weighted by Gasteiger charge is 2.38. The maximum Gasteiger partial charge on any atom is 0.261 e. The fraction of sp³-hybridized carbons (Fsp3) is 0.381. The number of nitrogens with zero attached hydrogens (tertiary/aromatic N) is 1. The number of benzene rings is 2. The highest BCUT2D eigenvalue weighted by molar-refractivity contribution is 7.92. The van der Waals surface area contributed by atoms with E-state index in [1.54, 1.807) is 35.2 Å². The van der Waals surface area contributed by atoms with E-state index in [9.17, 15) is 13.2 Å². The standard InChI is InChI=1S/C21H25ClN2O4S/c1-14(2)12-24-18-9-8-16(11-19(18)28-13-21(3,4)20(24)25)23-29(26,27)17-7-5-6-15(22)10-17/h5-11,14,23H,12-13H2,1-4H3. The molecule has 156 valence electrons. The molecule has 6 nitrogen and oxygen atoms in total. The summed E-state index contributed by atoms with van der Waals surface area (Å²) in [5, 5.41) is 0.336. The first-order valence-electron chi connectivity index (χ1n) is 9.37. The molecular weight excluding hydrogens is 412 g/mol. The van der Waals surface area contributed by atoms with E-state index in [0.717, 1.165) is 0 Å². The van der Waals surface area contributed by atoms with Crippen LogP contribution in [0.25, 0.3) is 0 Å². The van der Waals surface area contributed by atoms with E-state index in [1.807, 2.05) is 27.7 Å². The Kier molecular flexibility index (Phi) is 5.83. The van der Waals surface area contributed by atoms with Crippen molar-refractivity contribution in [3.05, 3.63) is 47.5 Å². The van der Waals surface area contributed by atoms with E-state index in [-0.39, 0.29) is 23.3 Å². The van der Waals surface area contributed by atoms with Crippen LogP contribution < -0.4 is 14.4 Å². The predicted molar refractivity (Wildman–Crippen MR) is 115 cm³/mol. The number of fused-ring (bicyclic) bond motifs is 1. The van der Waals surface area contributed by atoms with Gasteiger partial charge in [0.15, 0.2) is 0 Å². The maximum absolute atomic E-state index is 13.0. The Bertz CT molecular complexity index is 1030. The molecule has 1 amide bonds. The number of sulfonamides is 1. The van der Waals surface area contributed by atoms with Gasteiger partial charge in [0.25, 0.3) is 10.0 Å². The third-order valence-electron chi connectivity index (χ3n) is 4.57. The van der Waals surface area contributed by atoms with Crippen molar-refractivity contribution < 1.29 is 17.9 Å². The Morgan fingerprint density at radius 1 is 1.21 bits per heavy atom. The first kappa shape index (κ1) is 21.5. The quantitative estimate of drug-likeness (QED) is 0.746. The number of anilines is 2. The van der Waals surface area contributed by atoms with Crippen molar-refractivity contribution in [1.82, 2.24) is 0 Å². The van der Waals surface area contributed by atoms with Crippen LogP contribution in [0.4, 0.5) is 11.4 Å². The Morgan fingerprint density at radius 2 is 1.93 bits per heavy atom. The molecule has 0 fully saturated rings. The van der Waals surface area contributed by atoms with Gasteiger partial charge in [0, 0.05) is 17.6 Å². The topological polar surface area (TPSA) is 75.7 Å². The molecule has 8 heteroatoms. The number of ether oxygens (including phenoxy) is 1. The predicted octanol–water partition coefficient (Wildman–Crippen LogP) is 4.55. The third kappa shape index (κ3) is 4.67. The fourth-order valence-corrected chi connectivity index (χ4v) is 4.46. The van der Waals surface area contributed by atoms with Gasteiger partial charge in [-0.25, -0.2) is 8.42 Å². The number of nitrogens with one attached hydrogen (secondary N) is 1. The van der Waals surface area contributed by atoms with Gasteiger partial charge in [-0.05, 0) is 50.1 Å². The monoisotopic (exact) mass is 436 g/mol. The van der Waals surface area contributed by atoms with E-state index in [2.05, 4.69) is 4.72 Å². The van der Waals surface area contributed by atoms with Gasteiger partial charge in [-0.15, -0.1) is 0 Å². The number of carbonyl (C=O) groups excluding carboxylic acids is 1. The summed E-state index contributed by atoms with van der Waals surface area (Å²) in [5.74, 6) is 0.717. The highest BCUT2D eigenvalue weighted by Crippen LogP contribution is 2.39. The average molecular weight is 437 g/mol. The van der Waals surface area contributed by atoms with Gasteiger partial charge in [0.1, 0.15) is 12.4 Å². The van der Waals surface area contributed by atoms with Gasteiger partial charge in [0.05, 0.1) is 21.7 Å². The van der Waals surface area contributed by atoms with Crippen LogP contribution in [0.3, 0.4) is 0 Å². The van der Waals surface area contributed by atoms with Gasteiger partial charge in [-0.1, -0.05) is 31.5 Å². The lowest BCUT2D eigenvalue weighted by Gasteiger charge is -2.29. The summed E-state index contributed by atoms with van der Waals surface area (Å²) in [6, 6.07) is 11.0. The normalized spacial score (nSPS) is 16.2. The molecule has 0 radical (unpaired) electrons. The number of halogens is 1. The molecule has 0 aliphatic carbocycles. The van der Waals surface area contributed by atoms with Crippen LogP contribution in [0.5, 0.6) is 5.75 Å². The van der Waals surface area contributed by atoms with Crippen LogP contribution in [0, 0.1) is 11.3 Å². The van der Waals surface area contributed by atoms with E-state index in [4.69, 9.17) is 16.3 Å². The lowest BCUT2D eigenvalue weighted by Crippen LogP contribution is -2.43. The summed E-state index contributed by atoms with van der Waals surface area (Å²) in [4.78, 5) is 14.8. The van der Waals surface area contributed by atoms with Crippen molar-refractivity contribution in [2.45, 2.75) is 32.6 Å². The van der Waals surface area contributed by atoms with Crippen molar-refractivity contribution in [3.8, 4) is 5.75 Å². The van der Waals surface area contributed by atoms with E-state index in [1.165, 1.54) is 12.1 Å². The molecule has 29 heavy (non-hydrogen) atoms. The van der Waals surface area contributed by atoms with Crippen molar-refractivity contribution in [1.29, 1.82) is 0 Å². The van der Waals surface area contributed by atoms with Gasteiger partial charge in [-0.2, -0.15) is 0 Å². The Balaban J connectivity index is 1.96. The van der Waals surface area contributed by atoms with Crippen molar-refractivity contribution in [2.24, 2.45) is 11.3 Å². The summed E-state index contributed by atoms with van der Waals surface area (Å²) in [6.45, 7) is 8.52. The second-order valence-corrected chi connectivity index (χ2v) is 10.3. The SMILES string of the molecule is CC(C)CN1C(=O)C(C)(C)COc2cc(NS(=O)(=O)c3cccc(Cl)c3)ccc21. The zero-order valence-electron chi connectivity index (χ0n) is 16.9. The zero-order chi connectivity index (χ0) is 21.4. The van der Waals surface area contributed by atoms with Crippen molar-refractivity contribution in [2.75, 3.05) is 22.8 Å². The molecule has 2 aromatic rings. The molecule has 0 aromatic heterocycles. The Morgan fingerprint density at radius 3 is 2.59 bits per heavy atom. The minimum absolute atomic E-state index is 0.0165. The van der Waals surface area contributed by atoms with Gasteiger partial charge in [0.2, 0.25) is 5.91 Å². The van der Waals surface area contributed by atoms with E-state index < -0.39 is 15.4 Å². The molecule has 1 aliphatic rings. The van der Waals surface area contributed by atoms with Crippen molar-refractivity contribution >= 4 is 38.9 Å². The number of hydrogen-bond acceptors (Lipinski definition) is 4. The molecule has 1 aliphatic heterocycles. The molecule has 1 heterocycles. The number of hydrogen-bond donors (Lipinski definition) is 1. The average Bonchev–Trinajstić information content (AvgIpc) is 2.71. The lowest BCUT2D eigenvalue weighted by molar-refractivity contribution is -0.127. The molecule has 0 atom stereocenters. The summed E-state index contributed by atoms with van der Waals surface area (Å²) < 4.78 is 33.8. The highest BCUT2D eigenvalue weighted by atomic mass is 35.5. The molecule has 0 spiro atoms. The van der Waals surface area contributed by atoms with E-state index >= 15 is 0 Å². The second kappa shape index (κ2) is 7.88. The lowest BCUT2D eigenvalue weighted by atomic mass is 9.92. The first-order chi connectivity index (χ1) is 13.5. The fourth-order valence-electron chi connectivity index (χ4n) is 3.11. The molecule has 2 aromatic carbocycles. The van der Waals surface area contributed by atoms with Crippen LogP contribution in [0.2, 0.25) is 5.02 Å². The number of rotatable bonds is 5. The zero-order valence-corrected chi connectivity index (χ0v) is 18.5. The molecule has 1 N–H and O–H groups in total. The Hall–Kier alpha value is -2.25. The first-order valence-corrected chi connectivity index (χ1v) is 11.2. The molecule has 0 unspecified atom stereocenters. The van der Waals surface area contributed by atoms with Crippen LogP contribution in [-0.2, 0) is 14.8 Å². The summed E-state index contributed by atoms with van der Waals surface area (Å²) in [5.41, 5.74) is 0.300. The number of amides is 1. The van der Waals surface area contributed by atoms with Gasteiger partial charge in [-0.3, -0.25) is 9.52 Å². The molecule has 0 bridgehead atoms. The summed E-state index contributed by atoms with van der Waals surface area (Å²) >= 11 is 5.92. The second-order valence-electron chi connectivity index (χ2n) is 8.23. The van der Waals surface area contributed by atoms with Crippen LogP contribution in [-0.4, -0.2) is 27.5 Å². The summed E-state index contributed by atoms with van der Waals surface area (Å²) in [7, 11) is -3.81. The number of carbonyl (C=O) groups is 1. The molecule has 0 saturated heterocycles. The summed E-state index contributed by atoms with van der Waals surface area (Å²) in [6.07, 6.45) is 0. The molecule has 0 saturated carbocycles. The third-order valence-corrected chi connectivity index (χ3v) is 6.18. The Labute approximate surface area is 176 Å². The largest absolute Gasteiger partial charge is 0.490 e. The minimum Gasteiger partial charge on any atom is -0.490 e. The molecule has 3 rings (SSSR count). The van der Waals surface area contributed by atoms with Crippen molar-refractivity contribution in [3.63, 3.8) is 0 Å². The van der Waals surface area contributed by atoms with E-state index in [0.29, 0.717) is 28.7 Å². The smallest absolute Gasteiger partial charge is 0.261 e. The van der Waals surface area contributed by atoms with Crippen LogP contribution in [0.1, 0.15) is 27.7 Å². The van der Waals surface area contributed by atoms with Crippen LogP contribution in [0.15, 0.2) is 47.4 Å². The van der Waals surface area contributed by atoms with Gasteiger partial charge >= 0.3 is 0 Å². The van der Waals surface area contributed by atoms with Gasteiger partial charge < -0.3 is 9.64 Å². The molecular formula is C21H25ClN2O4S. The minimum atomic E-state index is -3.81. The van der Waals surface area contributed by atoms with Crippen LogP contribution >= 0.6 is 11.6 Å².